The Bertz CT molecular complexity index is 814. The summed E-state index contributed by atoms with van der Waals surface area (Å²) in [5, 5.41) is 14.5. The first-order valence-electron chi connectivity index (χ1n) is 7.56. The van der Waals surface area contributed by atoms with Crippen molar-refractivity contribution in [1.82, 2.24) is 30.3 Å². The van der Waals surface area contributed by atoms with Crippen molar-refractivity contribution in [2.24, 2.45) is 0 Å². The fourth-order valence-electron chi connectivity index (χ4n) is 2.37. The molecule has 2 heterocycles. The van der Waals surface area contributed by atoms with Crippen molar-refractivity contribution in [3.8, 4) is 11.3 Å². The maximum atomic E-state index is 12.5. The van der Waals surface area contributed by atoms with Crippen LogP contribution >= 0.6 is 11.6 Å². The fourth-order valence-corrected chi connectivity index (χ4v) is 2.56. The van der Waals surface area contributed by atoms with E-state index in [1.54, 1.807) is 23.1 Å². The standard InChI is InChI=1S/C16H17ClN6O/c1-11(5-6-23-10-18-9-20-23)21-16(24)14-8-19-22-15(14)12-3-2-4-13(17)7-12/h2-4,7-11H,5-6H2,1H3,(H,19,22)(H,21,24). The van der Waals surface area contributed by atoms with Crippen LogP contribution in [0.25, 0.3) is 11.3 Å². The normalized spacial score (nSPS) is 12.1. The van der Waals surface area contributed by atoms with Gasteiger partial charge in [0.25, 0.3) is 5.91 Å². The predicted octanol–water partition coefficient (Wildman–Crippen LogP) is 2.53. The summed E-state index contributed by atoms with van der Waals surface area (Å²) >= 11 is 6.02. The SMILES string of the molecule is CC(CCn1cncn1)NC(=O)c1cn[nH]c1-c1cccc(Cl)c1. The number of H-pyrrole nitrogens is 1. The molecule has 0 aliphatic heterocycles. The van der Waals surface area contributed by atoms with Crippen LogP contribution in [0.5, 0.6) is 0 Å². The molecule has 1 atom stereocenters. The second-order valence-electron chi connectivity index (χ2n) is 5.49. The molecule has 7 nitrogen and oxygen atoms in total. The lowest BCUT2D eigenvalue weighted by Crippen LogP contribution is -2.33. The molecular weight excluding hydrogens is 328 g/mol. The van der Waals surface area contributed by atoms with Gasteiger partial charge in [-0.2, -0.15) is 10.2 Å². The number of nitrogens with one attached hydrogen (secondary N) is 2. The van der Waals surface area contributed by atoms with Crippen molar-refractivity contribution in [3.05, 3.63) is 53.7 Å². The van der Waals surface area contributed by atoms with Crippen LogP contribution in [0, 0.1) is 0 Å². The molecule has 8 heteroatoms. The minimum Gasteiger partial charge on any atom is -0.349 e. The van der Waals surface area contributed by atoms with Crippen LogP contribution in [0.15, 0.2) is 43.1 Å². The van der Waals surface area contributed by atoms with Crippen LogP contribution in [0.1, 0.15) is 23.7 Å². The van der Waals surface area contributed by atoms with Gasteiger partial charge in [-0.3, -0.25) is 14.6 Å². The van der Waals surface area contributed by atoms with E-state index in [2.05, 4.69) is 25.6 Å². The first-order valence-corrected chi connectivity index (χ1v) is 7.94. The highest BCUT2D eigenvalue weighted by atomic mass is 35.5. The van der Waals surface area contributed by atoms with E-state index in [1.165, 1.54) is 12.5 Å². The Morgan fingerprint density at radius 2 is 2.33 bits per heavy atom. The molecule has 0 spiro atoms. The van der Waals surface area contributed by atoms with Gasteiger partial charge in [0.05, 0.1) is 17.5 Å². The number of rotatable bonds is 6. The van der Waals surface area contributed by atoms with Crippen molar-refractivity contribution < 1.29 is 4.79 Å². The van der Waals surface area contributed by atoms with E-state index in [4.69, 9.17) is 11.6 Å². The lowest BCUT2D eigenvalue weighted by molar-refractivity contribution is 0.0938. The van der Waals surface area contributed by atoms with Crippen molar-refractivity contribution >= 4 is 17.5 Å². The molecule has 0 radical (unpaired) electrons. The molecule has 0 aliphatic rings. The molecule has 1 unspecified atom stereocenters. The maximum absolute atomic E-state index is 12.5. The third-order valence-electron chi connectivity index (χ3n) is 3.63. The highest BCUT2D eigenvalue weighted by Gasteiger charge is 2.17. The van der Waals surface area contributed by atoms with Crippen molar-refractivity contribution in [2.75, 3.05) is 0 Å². The zero-order valence-corrected chi connectivity index (χ0v) is 13.9. The number of carbonyl (C=O) groups excluding carboxylic acids is 1. The zero-order chi connectivity index (χ0) is 16.9. The van der Waals surface area contributed by atoms with E-state index in [0.717, 1.165) is 12.0 Å². The topological polar surface area (TPSA) is 88.5 Å². The summed E-state index contributed by atoms with van der Waals surface area (Å²) in [5.41, 5.74) is 1.96. The summed E-state index contributed by atoms with van der Waals surface area (Å²) in [5.74, 6) is -0.176. The van der Waals surface area contributed by atoms with Gasteiger partial charge in [0.2, 0.25) is 0 Å². The van der Waals surface area contributed by atoms with Gasteiger partial charge < -0.3 is 5.32 Å². The Kier molecular flexibility index (Phi) is 4.90. The number of halogens is 1. The first-order chi connectivity index (χ1) is 11.6. The highest BCUT2D eigenvalue weighted by molar-refractivity contribution is 6.30. The lowest BCUT2D eigenvalue weighted by atomic mass is 10.1. The molecule has 0 aliphatic carbocycles. The Labute approximate surface area is 144 Å². The number of aromatic amines is 1. The van der Waals surface area contributed by atoms with Gasteiger partial charge in [0, 0.05) is 23.2 Å². The molecule has 0 saturated carbocycles. The van der Waals surface area contributed by atoms with Gasteiger partial charge >= 0.3 is 0 Å². The van der Waals surface area contributed by atoms with Crippen LogP contribution in [-0.2, 0) is 6.54 Å². The van der Waals surface area contributed by atoms with Crippen LogP contribution in [0.3, 0.4) is 0 Å². The largest absolute Gasteiger partial charge is 0.349 e. The van der Waals surface area contributed by atoms with E-state index < -0.39 is 0 Å². The summed E-state index contributed by atoms with van der Waals surface area (Å²) in [6.45, 7) is 2.64. The molecule has 2 aromatic heterocycles. The Morgan fingerprint density at radius 3 is 3.08 bits per heavy atom. The van der Waals surface area contributed by atoms with Crippen molar-refractivity contribution in [2.45, 2.75) is 25.9 Å². The van der Waals surface area contributed by atoms with E-state index >= 15 is 0 Å². The van der Waals surface area contributed by atoms with E-state index in [9.17, 15) is 4.79 Å². The first kappa shape index (κ1) is 16.2. The third-order valence-corrected chi connectivity index (χ3v) is 3.87. The number of carbonyl (C=O) groups is 1. The van der Waals surface area contributed by atoms with Gasteiger partial charge in [-0.25, -0.2) is 4.98 Å². The van der Waals surface area contributed by atoms with Crippen LogP contribution < -0.4 is 5.32 Å². The van der Waals surface area contributed by atoms with Crippen molar-refractivity contribution in [3.63, 3.8) is 0 Å². The number of aryl methyl sites for hydroxylation is 1. The highest BCUT2D eigenvalue weighted by Crippen LogP contribution is 2.24. The smallest absolute Gasteiger partial charge is 0.255 e. The number of nitrogens with zero attached hydrogens (tertiary/aromatic N) is 4. The Morgan fingerprint density at radius 1 is 1.46 bits per heavy atom. The lowest BCUT2D eigenvalue weighted by Gasteiger charge is -2.13. The summed E-state index contributed by atoms with van der Waals surface area (Å²) in [6.07, 6.45) is 5.42. The second-order valence-corrected chi connectivity index (χ2v) is 5.93. The number of aromatic nitrogens is 5. The number of hydrogen-bond donors (Lipinski definition) is 2. The van der Waals surface area contributed by atoms with Crippen molar-refractivity contribution in [1.29, 1.82) is 0 Å². The van der Waals surface area contributed by atoms with Crippen LogP contribution in [0.2, 0.25) is 5.02 Å². The van der Waals surface area contributed by atoms with Crippen LogP contribution in [0.4, 0.5) is 0 Å². The monoisotopic (exact) mass is 344 g/mol. The van der Waals surface area contributed by atoms with E-state index in [0.29, 0.717) is 22.8 Å². The molecule has 3 rings (SSSR count). The molecule has 124 valence electrons. The molecule has 0 saturated heterocycles. The molecule has 1 aromatic carbocycles. The average molecular weight is 345 g/mol. The van der Waals surface area contributed by atoms with E-state index in [-0.39, 0.29) is 11.9 Å². The minimum absolute atomic E-state index is 0.0104. The second kappa shape index (κ2) is 7.27. The molecule has 1 amide bonds. The predicted molar refractivity (Wildman–Crippen MR) is 90.6 cm³/mol. The zero-order valence-electron chi connectivity index (χ0n) is 13.1. The number of hydrogen-bond acceptors (Lipinski definition) is 4. The quantitative estimate of drug-likeness (QED) is 0.719. The maximum Gasteiger partial charge on any atom is 0.255 e. The Hall–Kier alpha value is -2.67. The van der Waals surface area contributed by atoms with Gasteiger partial charge in [-0.15, -0.1) is 0 Å². The molecule has 0 bridgehead atoms. The summed E-state index contributed by atoms with van der Waals surface area (Å²) < 4.78 is 1.73. The molecule has 3 aromatic rings. The fraction of sp³-hybridized carbons (Fsp3) is 0.250. The summed E-state index contributed by atoms with van der Waals surface area (Å²) in [6, 6.07) is 7.28. The van der Waals surface area contributed by atoms with E-state index in [1.807, 2.05) is 19.1 Å². The minimum atomic E-state index is -0.176. The summed E-state index contributed by atoms with van der Waals surface area (Å²) in [7, 11) is 0. The van der Waals surface area contributed by atoms with Gasteiger partial charge in [-0.1, -0.05) is 23.7 Å². The third kappa shape index (κ3) is 3.80. The molecule has 0 fully saturated rings. The average Bonchev–Trinajstić information content (AvgIpc) is 3.24. The van der Waals surface area contributed by atoms with Gasteiger partial charge in [0.15, 0.2) is 0 Å². The molecular formula is C16H17ClN6O. The van der Waals surface area contributed by atoms with Gasteiger partial charge in [0.1, 0.15) is 12.7 Å². The number of benzene rings is 1. The Balaban J connectivity index is 1.66. The molecule has 24 heavy (non-hydrogen) atoms. The molecule has 2 N–H and O–H groups in total. The summed E-state index contributed by atoms with van der Waals surface area (Å²) in [4.78, 5) is 16.4. The van der Waals surface area contributed by atoms with Gasteiger partial charge in [-0.05, 0) is 25.5 Å². The van der Waals surface area contributed by atoms with Crippen LogP contribution in [-0.4, -0.2) is 36.9 Å². The number of amides is 1.